The van der Waals surface area contributed by atoms with Gasteiger partial charge in [0.1, 0.15) is 11.9 Å². The first-order valence-electron chi connectivity index (χ1n) is 10.8. The van der Waals surface area contributed by atoms with Crippen LogP contribution in [0.5, 0.6) is 5.75 Å². The number of carbonyl (C=O) groups excluding carboxylic acids is 3. The van der Waals surface area contributed by atoms with Crippen molar-refractivity contribution in [1.29, 1.82) is 0 Å². The lowest BCUT2D eigenvalue weighted by Crippen LogP contribution is -2.49. The fourth-order valence-electron chi connectivity index (χ4n) is 4.45. The Bertz CT molecular complexity index is 1240. The number of nitrogens with one attached hydrogen (secondary N) is 1. The number of fused-ring (bicyclic) bond motifs is 5. The van der Waals surface area contributed by atoms with Gasteiger partial charge in [-0.3, -0.25) is 19.3 Å². The molecule has 3 aromatic rings. The average Bonchev–Trinajstić information content (AvgIpc) is 3.15. The van der Waals surface area contributed by atoms with Crippen LogP contribution in [0, 0.1) is 0 Å². The van der Waals surface area contributed by atoms with Crippen LogP contribution in [-0.2, 0) is 11.3 Å². The summed E-state index contributed by atoms with van der Waals surface area (Å²) in [5.41, 5.74) is 3.39. The van der Waals surface area contributed by atoms with Crippen molar-refractivity contribution in [2.45, 2.75) is 19.1 Å². The number of methoxy groups -OCH3 is 1. The number of ether oxygens (including phenoxy) is 1. The van der Waals surface area contributed by atoms with Crippen LogP contribution in [0.15, 0.2) is 72.8 Å². The fraction of sp³-hybridized carbons (Fsp3) is 0.192. The van der Waals surface area contributed by atoms with E-state index in [9.17, 15) is 14.4 Å². The van der Waals surface area contributed by atoms with Crippen molar-refractivity contribution in [1.82, 2.24) is 10.2 Å². The molecular weight excluding hydrogens is 418 g/mol. The molecule has 0 saturated carbocycles. The molecule has 0 fully saturated rings. The number of nitrogens with zero attached hydrogens (tertiary/aromatic N) is 2. The van der Waals surface area contributed by atoms with Gasteiger partial charge in [0.25, 0.3) is 11.8 Å². The summed E-state index contributed by atoms with van der Waals surface area (Å²) in [6, 6.07) is 21.9. The predicted molar refractivity (Wildman–Crippen MR) is 123 cm³/mol. The van der Waals surface area contributed by atoms with Gasteiger partial charge >= 0.3 is 0 Å². The summed E-state index contributed by atoms with van der Waals surface area (Å²) in [4.78, 5) is 42.4. The number of hydrogen-bond donors (Lipinski definition) is 1. The largest absolute Gasteiger partial charge is 0.497 e. The van der Waals surface area contributed by atoms with Crippen LogP contribution in [0.2, 0.25) is 0 Å². The average molecular weight is 441 g/mol. The molecule has 0 aliphatic carbocycles. The highest BCUT2D eigenvalue weighted by molar-refractivity contribution is 6.16. The van der Waals surface area contributed by atoms with Crippen molar-refractivity contribution in [3.8, 4) is 5.75 Å². The van der Waals surface area contributed by atoms with E-state index in [1.807, 2.05) is 48.5 Å². The van der Waals surface area contributed by atoms with Crippen molar-refractivity contribution in [2.75, 3.05) is 18.6 Å². The third-order valence-electron chi connectivity index (χ3n) is 6.11. The van der Waals surface area contributed by atoms with Crippen LogP contribution in [0.1, 0.15) is 44.4 Å². The molecule has 33 heavy (non-hydrogen) atoms. The van der Waals surface area contributed by atoms with Gasteiger partial charge in [0.05, 0.1) is 18.4 Å². The Kier molecular flexibility index (Phi) is 5.30. The summed E-state index contributed by atoms with van der Waals surface area (Å²) in [6.07, 6.45) is -0.421. The summed E-state index contributed by atoms with van der Waals surface area (Å²) < 4.78 is 5.15. The Morgan fingerprint density at radius 2 is 1.61 bits per heavy atom. The number of rotatable bonds is 6. The first-order valence-corrected chi connectivity index (χ1v) is 10.8. The van der Waals surface area contributed by atoms with E-state index in [0.717, 1.165) is 16.9 Å². The summed E-state index contributed by atoms with van der Waals surface area (Å²) in [7, 11) is 1.61. The Labute approximate surface area is 191 Å². The molecule has 166 valence electrons. The second-order valence-electron chi connectivity index (χ2n) is 8.03. The van der Waals surface area contributed by atoms with Crippen LogP contribution in [-0.4, -0.2) is 36.3 Å². The molecule has 0 saturated heterocycles. The molecule has 5 rings (SSSR count). The number of amides is 3. The highest BCUT2D eigenvalue weighted by atomic mass is 16.5. The molecule has 3 amide bonds. The molecule has 0 spiro atoms. The first kappa shape index (κ1) is 20.8. The topological polar surface area (TPSA) is 79.0 Å². The van der Waals surface area contributed by atoms with E-state index in [0.29, 0.717) is 23.4 Å². The third-order valence-corrected chi connectivity index (χ3v) is 6.11. The van der Waals surface area contributed by atoms with Crippen molar-refractivity contribution in [3.05, 3.63) is 95.1 Å². The maximum absolute atomic E-state index is 13.4. The Morgan fingerprint density at radius 3 is 2.36 bits per heavy atom. The standard InChI is InChI=1S/C26H23N3O4/c1-33-18-12-10-17(11-13-18)16-27-23(30)14-15-28-24-19-6-2-3-7-20(19)26(32)29(24)22-9-5-4-8-21(22)25(28)31/h2-13,24H,14-16H2,1H3,(H,27,30). The quantitative estimate of drug-likeness (QED) is 0.635. The van der Waals surface area contributed by atoms with Gasteiger partial charge in [-0.15, -0.1) is 0 Å². The molecule has 1 N–H and O–H groups in total. The van der Waals surface area contributed by atoms with Crippen molar-refractivity contribution >= 4 is 23.4 Å². The molecule has 1 atom stereocenters. The number of carbonyl (C=O) groups is 3. The highest BCUT2D eigenvalue weighted by Crippen LogP contribution is 2.45. The van der Waals surface area contributed by atoms with Gasteiger partial charge in [0.2, 0.25) is 5.91 Å². The lowest BCUT2D eigenvalue weighted by atomic mass is 10.0. The number of para-hydroxylation sites is 1. The first-order chi connectivity index (χ1) is 16.1. The molecule has 3 aromatic carbocycles. The number of benzene rings is 3. The molecule has 0 bridgehead atoms. The molecule has 1 unspecified atom stereocenters. The van der Waals surface area contributed by atoms with Gasteiger partial charge in [-0.2, -0.15) is 0 Å². The van der Waals surface area contributed by atoms with Gasteiger partial charge in [-0.05, 0) is 35.9 Å². The minimum absolute atomic E-state index is 0.130. The maximum atomic E-state index is 13.4. The van der Waals surface area contributed by atoms with Crippen LogP contribution in [0.3, 0.4) is 0 Å². The second-order valence-corrected chi connectivity index (χ2v) is 8.03. The summed E-state index contributed by atoms with van der Waals surface area (Å²) in [5.74, 6) is 0.273. The molecular formula is C26H23N3O4. The van der Waals surface area contributed by atoms with E-state index < -0.39 is 6.17 Å². The van der Waals surface area contributed by atoms with E-state index in [1.54, 1.807) is 41.2 Å². The zero-order chi connectivity index (χ0) is 22.9. The molecule has 2 aliphatic heterocycles. The summed E-state index contributed by atoms with van der Waals surface area (Å²) in [6.45, 7) is 0.584. The zero-order valence-electron chi connectivity index (χ0n) is 18.2. The Balaban J connectivity index is 1.34. The molecule has 2 aliphatic rings. The van der Waals surface area contributed by atoms with Gasteiger partial charge in [-0.1, -0.05) is 42.5 Å². The summed E-state index contributed by atoms with van der Waals surface area (Å²) in [5, 5.41) is 2.90. The molecule has 0 radical (unpaired) electrons. The summed E-state index contributed by atoms with van der Waals surface area (Å²) >= 11 is 0. The van der Waals surface area contributed by atoms with E-state index in [2.05, 4.69) is 5.32 Å². The SMILES string of the molecule is COc1ccc(CNC(=O)CCN2C(=O)c3ccccc3N3C(=O)c4ccccc4C23)cc1. The van der Waals surface area contributed by atoms with Crippen molar-refractivity contribution < 1.29 is 19.1 Å². The Hall–Kier alpha value is -4.13. The van der Waals surface area contributed by atoms with Crippen LogP contribution < -0.4 is 15.0 Å². The van der Waals surface area contributed by atoms with Crippen LogP contribution in [0.25, 0.3) is 0 Å². The molecule has 2 heterocycles. The molecule has 7 heteroatoms. The normalized spacial score (nSPS) is 16.2. The monoisotopic (exact) mass is 441 g/mol. The van der Waals surface area contributed by atoms with Crippen LogP contribution >= 0.6 is 0 Å². The third kappa shape index (κ3) is 3.61. The second kappa shape index (κ2) is 8.43. The minimum Gasteiger partial charge on any atom is -0.497 e. The highest BCUT2D eigenvalue weighted by Gasteiger charge is 2.47. The van der Waals surface area contributed by atoms with Gasteiger partial charge in [0.15, 0.2) is 0 Å². The Morgan fingerprint density at radius 1 is 0.909 bits per heavy atom. The fourth-order valence-corrected chi connectivity index (χ4v) is 4.45. The van der Waals surface area contributed by atoms with E-state index in [-0.39, 0.29) is 30.7 Å². The maximum Gasteiger partial charge on any atom is 0.260 e. The zero-order valence-corrected chi connectivity index (χ0v) is 18.2. The van der Waals surface area contributed by atoms with Crippen LogP contribution in [0.4, 0.5) is 5.69 Å². The van der Waals surface area contributed by atoms with Gasteiger partial charge in [-0.25, -0.2) is 0 Å². The number of anilines is 1. The lowest BCUT2D eigenvalue weighted by molar-refractivity contribution is -0.121. The van der Waals surface area contributed by atoms with Crippen molar-refractivity contribution in [3.63, 3.8) is 0 Å². The molecule has 0 aromatic heterocycles. The lowest BCUT2D eigenvalue weighted by Gasteiger charge is -2.40. The van der Waals surface area contributed by atoms with Crippen molar-refractivity contribution in [2.24, 2.45) is 0 Å². The van der Waals surface area contributed by atoms with Gasteiger partial charge in [0, 0.05) is 30.6 Å². The smallest absolute Gasteiger partial charge is 0.260 e. The van der Waals surface area contributed by atoms with Gasteiger partial charge < -0.3 is 15.0 Å². The minimum atomic E-state index is -0.550. The van der Waals surface area contributed by atoms with E-state index >= 15 is 0 Å². The molecule has 7 nitrogen and oxygen atoms in total. The van der Waals surface area contributed by atoms with E-state index in [4.69, 9.17) is 4.74 Å². The predicted octanol–water partition coefficient (Wildman–Crippen LogP) is 3.52. The number of hydrogen-bond acceptors (Lipinski definition) is 4. The van der Waals surface area contributed by atoms with E-state index in [1.165, 1.54) is 0 Å².